The van der Waals surface area contributed by atoms with Crippen LogP contribution in [0.3, 0.4) is 0 Å². The summed E-state index contributed by atoms with van der Waals surface area (Å²) in [6, 6.07) is -1.72. The highest BCUT2D eigenvalue weighted by Gasteiger charge is 2.24. The van der Waals surface area contributed by atoms with Crippen LogP contribution in [-0.2, 0) is 9.59 Å². The van der Waals surface area contributed by atoms with Crippen molar-refractivity contribution in [3.05, 3.63) is 0 Å². The van der Waals surface area contributed by atoms with Crippen molar-refractivity contribution >= 4 is 17.9 Å². The molecule has 90 valence electrons. The van der Waals surface area contributed by atoms with Crippen molar-refractivity contribution in [2.75, 3.05) is 6.54 Å². The molecule has 1 rings (SSSR count). The van der Waals surface area contributed by atoms with Gasteiger partial charge in [-0.3, -0.25) is 4.79 Å². The van der Waals surface area contributed by atoms with Crippen LogP contribution < -0.4 is 16.0 Å². The SMILES string of the molecule is CC[C@H](NC(=O)NC1CNC(=O)C1)C(=O)O. The first-order valence-electron chi connectivity index (χ1n) is 5.09. The fourth-order valence-corrected chi connectivity index (χ4v) is 1.43. The van der Waals surface area contributed by atoms with E-state index in [0.717, 1.165) is 0 Å². The van der Waals surface area contributed by atoms with Crippen LogP contribution in [0.5, 0.6) is 0 Å². The van der Waals surface area contributed by atoms with Gasteiger partial charge in [0.2, 0.25) is 5.91 Å². The molecule has 0 spiro atoms. The fourth-order valence-electron chi connectivity index (χ4n) is 1.43. The molecule has 3 amide bonds. The average Bonchev–Trinajstić information content (AvgIpc) is 2.60. The highest BCUT2D eigenvalue weighted by atomic mass is 16.4. The lowest BCUT2D eigenvalue weighted by molar-refractivity contribution is -0.139. The van der Waals surface area contributed by atoms with Gasteiger partial charge in [-0.05, 0) is 6.42 Å². The molecule has 1 unspecified atom stereocenters. The van der Waals surface area contributed by atoms with E-state index >= 15 is 0 Å². The number of rotatable bonds is 4. The number of hydrogen-bond donors (Lipinski definition) is 4. The van der Waals surface area contributed by atoms with Gasteiger partial charge in [-0.2, -0.15) is 0 Å². The van der Waals surface area contributed by atoms with Crippen LogP contribution in [0.15, 0.2) is 0 Å². The van der Waals surface area contributed by atoms with E-state index in [0.29, 0.717) is 13.0 Å². The Morgan fingerprint density at radius 3 is 2.75 bits per heavy atom. The molecule has 0 aliphatic carbocycles. The zero-order chi connectivity index (χ0) is 12.1. The Morgan fingerprint density at radius 1 is 1.62 bits per heavy atom. The lowest BCUT2D eigenvalue weighted by atomic mass is 10.2. The summed E-state index contributed by atoms with van der Waals surface area (Å²) < 4.78 is 0. The molecule has 0 bridgehead atoms. The summed E-state index contributed by atoms with van der Waals surface area (Å²) in [6.45, 7) is 2.05. The topological polar surface area (TPSA) is 108 Å². The number of carboxylic acids is 1. The molecule has 1 aliphatic heterocycles. The molecule has 7 heteroatoms. The molecule has 0 radical (unpaired) electrons. The maximum Gasteiger partial charge on any atom is 0.326 e. The molecule has 0 aromatic carbocycles. The van der Waals surface area contributed by atoms with Gasteiger partial charge in [0.15, 0.2) is 0 Å². The van der Waals surface area contributed by atoms with E-state index < -0.39 is 18.0 Å². The number of carboxylic acid groups (broad SMARTS) is 1. The number of amides is 3. The van der Waals surface area contributed by atoms with Crippen LogP contribution in [0.25, 0.3) is 0 Å². The minimum atomic E-state index is -1.07. The molecule has 0 saturated carbocycles. The van der Waals surface area contributed by atoms with Crippen molar-refractivity contribution in [1.29, 1.82) is 0 Å². The molecule has 4 N–H and O–H groups in total. The van der Waals surface area contributed by atoms with E-state index in [2.05, 4.69) is 16.0 Å². The second-order valence-corrected chi connectivity index (χ2v) is 3.62. The Morgan fingerprint density at radius 2 is 2.31 bits per heavy atom. The number of urea groups is 1. The second kappa shape index (κ2) is 5.34. The van der Waals surface area contributed by atoms with Crippen molar-refractivity contribution in [1.82, 2.24) is 16.0 Å². The summed E-state index contributed by atoms with van der Waals surface area (Å²) in [5, 5.41) is 16.1. The average molecular weight is 229 g/mol. The van der Waals surface area contributed by atoms with Gasteiger partial charge in [0.05, 0.1) is 6.04 Å². The normalized spacial score (nSPS) is 21.1. The van der Waals surface area contributed by atoms with Crippen molar-refractivity contribution < 1.29 is 19.5 Å². The minimum absolute atomic E-state index is 0.115. The molecule has 1 saturated heterocycles. The largest absolute Gasteiger partial charge is 0.480 e. The molecule has 2 atom stereocenters. The maximum atomic E-state index is 11.4. The third-order valence-electron chi connectivity index (χ3n) is 2.32. The van der Waals surface area contributed by atoms with Crippen molar-refractivity contribution in [3.8, 4) is 0 Å². The smallest absolute Gasteiger partial charge is 0.326 e. The molecule has 0 aromatic heterocycles. The standard InChI is InChI=1S/C9H15N3O4/c1-2-6(8(14)15)12-9(16)11-5-3-7(13)10-4-5/h5-6H,2-4H2,1H3,(H,10,13)(H,14,15)(H2,11,12,16)/t5?,6-/m0/s1. The molecule has 1 fully saturated rings. The summed E-state index contributed by atoms with van der Waals surface area (Å²) in [4.78, 5) is 32.8. The quantitative estimate of drug-likeness (QED) is 0.497. The Bertz CT molecular complexity index is 305. The summed E-state index contributed by atoms with van der Waals surface area (Å²) in [5.41, 5.74) is 0. The van der Waals surface area contributed by atoms with Crippen LogP contribution in [0, 0.1) is 0 Å². The fraction of sp³-hybridized carbons (Fsp3) is 0.667. The summed E-state index contributed by atoms with van der Waals surface area (Å²) in [7, 11) is 0. The summed E-state index contributed by atoms with van der Waals surface area (Å²) in [5.74, 6) is -1.19. The summed E-state index contributed by atoms with van der Waals surface area (Å²) >= 11 is 0. The van der Waals surface area contributed by atoms with E-state index in [9.17, 15) is 14.4 Å². The molecular formula is C9H15N3O4. The second-order valence-electron chi connectivity index (χ2n) is 3.62. The Hall–Kier alpha value is -1.79. The molecule has 1 aliphatic rings. The lowest BCUT2D eigenvalue weighted by Crippen LogP contribution is -2.49. The highest BCUT2D eigenvalue weighted by Crippen LogP contribution is 1.99. The van der Waals surface area contributed by atoms with E-state index in [1.165, 1.54) is 0 Å². The van der Waals surface area contributed by atoms with Gasteiger partial charge in [0.25, 0.3) is 0 Å². The van der Waals surface area contributed by atoms with Crippen LogP contribution in [0.1, 0.15) is 19.8 Å². The number of aliphatic carboxylic acids is 1. The van der Waals surface area contributed by atoms with Gasteiger partial charge in [-0.15, -0.1) is 0 Å². The predicted octanol–water partition coefficient (Wildman–Crippen LogP) is -0.963. The number of carbonyl (C=O) groups is 3. The van der Waals surface area contributed by atoms with Gasteiger partial charge in [-0.25, -0.2) is 9.59 Å². The third-order valence-corrected chi connectivity index (χ3v) is 2.32. The molecular weight excluding hydrogens is 214 g/mol. The Kier molecular flexibility index (Phi) is 4.10. The first-order chi connectivity index (χ1) is 7.52. The maximum absolute atomic E-state index is 11.4. The molecule has 16 heavy (non-hydrogen) atoms. The van der Waals surface area contributed by atoms with Crippen LogP contribution in [0.2, 0.25) is 0 Å². The predicted molar refractivity (Wildman–Crippen MR) is 54.8 cm³/mol. The lowest BCUT2D eigenvalue weighted by Gasteiger charge is -2.15. The van der Waals surface area contributed by atoms with Crippen LogP contribution in [-0.4, -0.2) is 41.6 Å². The van der Waals surface area contributed by atoms with Gasteiger partial charge < -0.3 is 21.1 Å². The molecule has 7 nitrogen and oxygen atoms in total. The van der Waals surface area contributed by atoms with Gasteiger partial charge >= 0.3 is 12.0 Å². The third kappa shape index (κ3) is 3.41. The first kappa shape index (κ1) is 12.3. The zero-order valence-corrected chi connectivity index (χ0v) is 8.95. The number of hydrogen-bond acceptors (Lipinski definition) is 3. The van der Waals surface area contributed by atoms with Crippen LogP contribution in [0.4, 0.5) is 4.79 Å². The van der Waals surface area contributed by atoms with E-state index in [1.807, 2.05) is 0 Å². The van der Waals surface area contributed by atoms with Crippen LogP contribution >= 0.6 is 0 Å². The van der Waals surface area contributed by atoms with E-state index in [1.54, 1.807) is 6.92 Å². The highest BCUT2D eigenvalue weighted by molar-refractivity contribution is 5.84. The Balaban J connectivity index is 2.35. The molecule has 1 heterocycles. The minimum Gasteiger partial charge on any atom is -0.480 e. The van der Waals surface area contributed by atoms with Gasteiger partial charge in [0, 0.05) is 13.0 Å². The van der Waals surface area contributed by atoms with E-state index in [-0.39, 0.29) is 18.4 Å². The van der Waals surface area contributed by atoms with Gasteiger partial charge in [-0.1, -0.05) is 6.92 Å². The Labute approximate surface area is 92.6 Å². The van der Waals surface area contributed by atoms with Crippen molar-refractivity contribution in [2.24, 2.45) is 0 Å². The van der Waals surface area contributed by atoms with E-state index in [4.69, 9.17) is 5.11 Å². The van der Waals surface area contributed by atoms with Gasteiger partial charge in [0.1, 0.15) is 6.04 Å². The number of nitrogens with one attached hydrogen (secondary N) is 3. The van der Waals surface area contributed by atoms with Crippen molar-refractivity contribution in [3.63, 3.8) is 0 Å². The first-order valence-corrected chi connectivity index (χ1v) is 5.09. The zero-order valence-electron chi connectivity index (χ0n) is 8.95. The van der Waals surface area contributed by atoms with Crippen molar-refractivity contribution in [2.45, 2.75) is 31.8 Å². The summed E-state index contributed by atoms with van der Waals surface area (Å²) in [6.07, 6.45) is 0.544. The monoisotopic (exact) mass is 229 g/mol. The molecule has 0 aromatic rings. The number of carbonyl (C=O) groups excluding carboxylic acids is 2.